The van der Waals surface area contributed by atoms with Crippen LogP contribution in [-0.2, 0) is 11.3 Å². The van der Waals surface area contributed by atoms with Crippen LogP contribution in [0.4, 0.5) is 5.82 Å². The third-order valence-electron chi connectivity index (χ3n) is 2.02. The van der Waals surface area contributed by atoms with E-state index in [9.17, 15) is 4.79 Å². The predicted octanol–water partition coefficient (Wildman–Crippen LogP) is 2.06. The molecule has 6 nitrogen and oxygen atoms in total. The van der Waals surface area contributed by atoms with E-state index < -0.39 is 5.97 Å². The van der Waals surface area contributed by atoms with Crippen LogP contribution in [0.25, 0.3) is 0 Å². The van der Waals surface area contributed by atoms with Crippen LogP contribution in [0.5, 0.6) is 0 Å². The summed E-state index contributed by atoms with van der Waals surface area (Å²) in [5, 5.41) is 6.66. The number of aromatic nitrogens is 1. The number of nitrogens with one attached hydrogen (secondary N) is 1. The summed E-state index contributed by atoms with van der Waals surface area (Å²) >= 11 is 0. The van der Waals surface area contributed by atoms with Crippen LogP contribution < -0.4 is 5.32 Å². The van der Waals surface area contributed by atoms with Gasteiger partial charge in [0.1, 0.15) is 12.0 Å². The van der Waals surface area contributed by atoms with Crippen LogP contribution in [0.3, 0.4) is 0 Å². The highest BCUT2D eigenvalue weighted by molar-refractivity contribution is 5.86. The maximum atomic E-state index is 11.3. The van der Waals surface area contributed by atoms with E-state index in [-0.39, 0.29) is 5.76 Å². The molecule has 1 N–H and O–H groups in total. The van der Waals surface area contributed by atoms with Crippen molar-refractivity contribution in [2.24, 2.45) is 0 Å². The molecule has 0 spiro atoms. The van der Waals surface area contributed by atoms with Gasteiger partial charge in [-0.05, 0) is 19.1 Å². The van der Waals surface area contributed by atoms with Crippen molar-refractivity contribution in [2.45, 2.75) is 13.5 Å². The molecule has 0 bridgehead atoms. The summed E-state index contributed by atoms with van der Waals surface area (Å²) in [6, 6.07) is 4.98. The highest BCUT2D eigenvalue weighted by atomic mass is 16.5. The molecule has 6 heteroatoms. The summed E-state index contributed by atoms with van der Waals surface area (Å²) in [6.45, 7) is 2.49. The van der Waals surface area contributed by atoms with E-state index in [1.54, 1.807) is 25.1 Å². The zero-order valence-corrected chi connectivity index (χ0v) is 9.30. The normalized spacial score (nSPS) is 10.2. The number of ether oxygens (including phenoxy) is 1. The summed E-state index contributed by atoms with van der Waals surface area (Å²) in [5.74, 6) is 0.971. The Morgan fingerprint density at radius 1 is 1.47 bits per heavy atom. The number of esters is 1. The Hall–Kier alpha value is -2.24. The molecule has 90 valence electrons. The van der Waals surface area contributed by atoms with Crippen molar-refractivity contribution >= 4 is 11.8 Å². The molecule has 2 aromatic heterocycles. The van der Waals surface area contributed by atoms with Gasteiger partial charge in [-0.25, -0.2) is 4.79 Å². The molecule has 0 radical (unpaired) electrons. The third kappa shape index (κ3) is 2.87. The molecular formula is C11H12N2O4. The van der Waals surface area contributed by atoms with Crippen LogP contribution in [0, 0.1) is 0 Å². The van der Waals surface area contributed by atoms with Crippen LogP contribution in [0.1, 0.15) is 23.2 Å². The number of carbonyl (C=O) groups excluding carboxylic acids is 1. The van der Waals surface area contributed by atoms with Crippen LogP contribution in [0.2, 0.25) is 0 Å². The number of anilines is 1. The average molecular weight is 236 g/mol. The van der Waals surface area contributed by atoms with Gasteiger partial charge in [0.2, 0.25) is 5.76 Å². The van der Waals surface area contributed by atoms with E-state index in [4.69, 9.17) is 9.15 Å². The largest absolute Gasteiger partial charge is 0.460 e. The summed E-state index contributed by atoms with van der Waals surface area (Å²) in [6.07, 6.45) is 1.47. The molecule has 0 fully saturated rings. The second-order valence-corrected chi connectivity index (χ2v) is 3.22. The lowest BCUT2D eigenvalue weighted by atomic mass is 10.4. The van der Waals surface area contributed by atoms with E-state index >= 15 is 0 Å². The molecule has 2 rings (SSSR count). The van der Waals surface area contributed by atoms with Gasteiger partial charge in [0.05, 0.1) is 13.2 Å². The zero-order valence-electron chi connectivity index (χ0n) is 9.30. The smallest absolute Gasteiger partial charge is 0.374 e. The summed E-state index contributed by atoms with van der Waals surface area (Å²) in [4.78, 5) is 11.3. The monoisotopic (exact) mass is 236 g/mol. The van der Waals surface area contributed by atoms with Gasteiger partial charge in [-0.15, -0.1) is 0 Å². The first-order chi connectivity index (χ1) is 8.29. The van der Waals surface area contributed by atoms with Gasteiger partial charge < -0.3 is 19.0 Å². The molecule has 0 aliphatic carbocycles. The lowest BCUT2D eigenvalue weighted by Crippen LogP contribution is -2.03. The number of nitrogens with zero attached hydrogens (tertiary/aromatic N) is 1. The molecule has 0 unspecified atom stereocenters. The second kappa shape index (κ2) is 5.20. The molecular weight excluding hydrogens is 224 g/mol. The molecule has 2 aromatic rings. The summed E-state index contributed by atoms with van der Waals surface area (Å²) in [7, 11) is 0. The number of carbonyl (C=O) groups is 1. The molecule has 0 aliphatic heterocycles. The van der Waals surface area contributed by atoms with Gasteiger partial charge in [0.15, 0.2) is 5.82 Å². The lowest BCUT2D eigenvalue weighted by molar-refractivity contribution is 0.0488. The summed E-state index contributed by atoms with van der Waals surface area (Å²) < 4.78 is 14.8. The van der Waals surface area contributed by atoms with Gasteiger partial charge in [0, 0.05) is 6.07 Å². The van der Waals surface area contributed by atoms with Gasteiger partial charge in [-0.1, -0.05) is 5.16 Å². The van der Waals surface area contributed by atoms with Crippen molar-refractivity contribution in [1.82, 2.24) is 5.16 Å². The molecule has 0 saturated heterocycles. The molecule has 0 aliphatic rings. The zero-order chi connectivity index (χ0) is 12.1. The van der Waals surface area contributed by atoms with Crippen molar-refractivity contribution in [3.8, 4) is 0 Å². The van der Waals surface area contributed by atoms with E-state index in [0.29, 0.717) is 24.7 Å². The maximum absolute atomic E-state index is 11.3. The predicted molar refractivity (Wildman–Crippen MR) is 58.5 cm³/mol. The molecule has 0 aromatic carbocycles. The molecule has 0 atom stereocenters. The fourth-order valence-electron chi connectivity index (χ4n) is 1.27. The maximum Gasteiger partial charge on any atom is 0.374 e. The fraction of sp³-hybridized carbons (Fsp3) is 0.273. The molecule has 17 heavy (non-hydrogen) atoms. The molecule has 0 saturated carbocycles. The number of rotatable bonds is 5. The van der Waals surface area contributed by atoms with Gasteiger partial charge in [-0.2, -0.15) is 0 Å². The highest BCUT2D eigenvalue weighted by Gasteiger charge is 2.11. The van der Waals surface area contributed by atoms with Crippen molar-refractivity contribution in [3.05, 3.63) is 36.0 Å². The minimum absolute atomic E-state index is 0.198. The van der Waals surface area contributed by atoms with Gasteiger partial charge >= 0.3 is 5.97 Å². The topological polar surface area (TPSA) is 77.5 Å². The van der Waals surface area contributed by atoms with Gasteiger partial charge in [-0.3, -0.25) is 0 Å². The van der Waals surface area contributed by atoms with Crippen LogP contribution in [0.15, 0.2) is 33.4 Å². The van der Waals surface area contributed by atoms with E-state index in [0.717, 1.165) is 0 Å². The number of hydrogen-bond acceptors (Lipinski definition) is 6. The van der Waals surface area contributed by atoms with E-state index in [1.807, 2.05) is 0 Å². The lowest BCUT2D eigenvalue weighted by Gasteiger charge is -1.99. The average Bonchev–Trinajstić information content (AvgIpc) is 2.98. The first-order valence-corrected chi connectivity index (χ1v) is 5.19. The van der Waals surface area contributed by atoms with Crippen LogP contribution in [-0.4, -0.2) is 17.7 Å². The minimum atomic E-state index is -0.458. The van der Waals surface area contributed by atoms with Crippen molar-refractivity contribution in [3.63, 3.8) is 0 Å². The van der Waals surface area contributed by atoms with Crippen molar-refractivity contribution in [1.29, 1.82) is 0 Å². The van der Waals surface area contributed by atoms with E-state index in [1.165, 1.54) is 6.26 Å². The highest BCUT2D eigenvalue weighted by Crippen LogP contribution is 2.11. The Bertz CT molecular complexity index is 475. The Labute approximate surface area is 97.5 Å². The standard InChI is InChI=1S/C11H12N2O4/c1-2-15-11(14)9-4-3-8(17-9)7-12-10-5-6-16-13-10/h3-6H,2,7H2,1H3,(H,12,13). The number of hydrogen-bond donors (Lipinski definition) is 1. The SMILES string of the molecule is CCOC(=O)c1ccc(CNc2ccon2)o1. The van der Waals surface area contributed by atoms with Gasteiger partial charge in [0.25, 0.3) is 0 Å². The van der Waals surface area contributed by atoms with Crippen molar-refractivity contribution in [2.75, 3.05) is 11.9 Å². The Morgan fingerprint density at radius 3 is 3.06 bits per heavy atom. The first-order valence-electron chi connectivity index (χ1n) is 5.19. The Kier molecular flexibility index (Phi) is 3.44. The molecule has 2 heterocycles. The quantitative estimate of drug-likeness (QED) is 0.800. The Balaban J connectivity index is 1.92. The van der Waals surface area contributed by atoms with Crippen molar-refractivity contribution < 1.29 is 18.5 Å². The first kappa shape index (κ1) is 11.3. The summed E-state index contributed by atoms with van der Waals surface area (Å²) in [5.41, 5.74) is 0. The van der Waals surface area contributed by atoms with E-state index in [2.05, 4.69) is 15.0 Å². The second-order valence-electron chi connectivity index (χ2n) is 3.22. The third-order valence-corrected chi connectivity index (χ3v) is 2.02. The molecule has 0 amide bonds. The minimum Gasteiger partial charge on any atom is -0.460 e. The number of furan rings is 1. The Morgan fingerprint density at radius 2 is 2.35 bits per heavy atom. The van der Waals surface area contributed by atoms with Crippen LogP contribution >= 0.6 is 0 Å². The fourth-order valence-corrected chi connectivity index (χ4v) is 1.27.